The third-order valence-electron chi connectivity index (χ3n) is 3.05. The molecule has 2 rings (SSSR count). The zero-order chi connectivity index (χ0) is 13.0. The summed E-state index contributed by atoms with van der Waals surface area (Å²) in [6, 6.07) is 8.07. The van der Waals surface area contributed by atoms with Crippen molar-refractivity contribution in [1.82, 2.24) is 9.55 Å². The molecule has 96 valence electrons. The Morgan fingerprint density at radius 2 is 2.28 bits per heavy atom. The fourth-order valence-corrected chi connectivity index (χ4v) is 1.95. The molecule has 4 nitrogen and oxygen atoms in total. The highest BCUT2D eigenvalue weighted by Gasteiger charge is 2.09. The summed E-state index contributed by atoms with van der Waals surface area (Å²) in [7, 11) is 1.68. The molecule has 18 heavy (non-hydrogen) atoms. The second kappa shape index (κ2) is 5.69. The third kappa shape index (κ3) is 2.71. The van der Waals surface area contributed by atoms with Crippen LogP contribution < -0.4 is 10.5 Å². The third-order valence-corrected chi connectivity index (χ3v) is 3.05. The van der Waals surface area contributed by atoms with Gasteiger partial charge in [0.25, 0.3) is 0 Å². The quantitative estimate of drug-likeness (QED) is 0.879. The zero-order valence-corrected chi connectivity index (χ0v) is 10.8. The van der Waals surface area contributed by atoms with Crippen LogP contribution in [0, 0.1) is 0 Å². The first-order chi connectivity index (χ1) is 8.74. The summed E-state index contributed by atoms with van der Waals surface area (Å²) in [5, 5.41) is 0. The van der Waals surface area contributed by atoms with E-state index in [4.69, 9.17) is 10.5 Å². The summed E-state index contributed by atoms with van der Waals surface area (Å²) < 4.78 is 7.31. The van der Waals surface area contributed by atoms with Gasteiger partial charge in [-0.25, -0.2) is 4.98 Å². The molecule has 1 atom stereocenters. The highest BCUT2D eigenvalue weighted by molar-refractivity contribution is 5.28. The lowest BCUT2D eigenvalue weighted by Gasteiger charge is -2.13. The van der Waals surface area contributed by atoms with Gasteiger partial charge in [0.05, 0.1) is 19.1 Å². The van der Waals surface area contributed by atoms with Crippen LogP contribution in [0.2, 0.25) is 0 Å². The molecule has 0 amide bonds. The molecule has 1 aromatic heterocycles. The van der Waals surface area contributed by atoms with Crippen molar-refractivity contribution in [2.45, 2.75) is 25.9 Å². The fraction of sp³-hybridized carbons (Fsp3) is 0.357. The van der Waals surface area contributed by atoms with Crippen LogP contribution in [0.25, 0.3) is 0 Å². The van der Waals surface area contributed by atoms with Gasteiger partial charge in [0, 0.05) is 18.8 Å². The van der Waals surface area contributed by atoms with Crippen molar-refractivity contribution in [2.24, 2.45) is 5.73 Å². The SMILES string of the molecule is CC[C@@H](N)c1cncn1Cc1cccc(OC)c1. The summed E-state index contributed by atoms with van der Waals surface area (Å²) >= 11 is 0. The Bertz CT molecular complexity index is 507. The topological polar surface area (TPSA) is 53.1 Å². The molecule has 0 fully saturated rings. The van der Waals surface area contributed by atoms with Gasteiger partial charge in [0.2, 0.25) is 0 Å². The number of rotatable bonds is 5. The van der Waals surface area contributed by atoms with E-state index in [1.165, 1.54) is 5.56 Å². The van der Waals surface area contributed by atoms with Crippen LogP contribution in [0.5, 0.6) is 5.75 Å². The van der Waals surface area contributed by atoms with Crippen molar-refractivity contribution in [3.05, 3.63) is 48.0 Å². The molecular weight excluding hydrogens is 226 g/mol. The molecule has 0 saturated heterocycles. The minimum Gasteiger partial charge on any atom is -0.497 e. The predicted molar refractivity (Wildman–Crippen MR) is 71.5 cm³/mol. The van der Waals surface area contributed by atoms with Crippen LogP contribution in [0.1, 0.15) is 30.6 Å². The number of ether oxygens (including phenoxy) is 1. The van der Waals surface area contributed by atoms with Gasteiger partial charge >= 0.3 is 0 Å². The van der Waals surface area contributed by atoms with Gasteiger partial charge in [-0.15, -0.1) is 0 Å². The van der Waals surface area contributed by atoms with Crippen LogP contribution in [0.3, 0.4) is 0 Å². The van der Waals surface area contributed by atoms with Gasteiger partial charge < -0.3 is 15.0 Å². The van der Waals surface area contributed by atoms with E-state index >= 15 is 0 Å². The Hall–Kier alpha value is -1.81. The van der Waals surface area contributed by atoms with Crippen molar-refractivity contribution in [1.29, 1.82) is 0 Å². The lowest BCUT2D eigenvalue weighted by atomic mass is 10.1. The Balaban J connectivity index is 2.20. The maximum absolute atomic E-state index is 6.06. The first-order valence-corrected chi connectivity index (χ1v) is 6.13. The van der Waals surface area contributed by atoms with Gasteiger partial charge in [-0.2, -0.15) is 0 Å². The molecule has 0 saturated carbocycles. The minimum absolute atomic E-state index is 0.0399. The van der Waals surface area contributed by atoms with E-state index in [2.05, 4.69) is 22.5 Å². The molecule has 1 heterocycles. The van der Waals surface area contributed by atoms with Crippen LogP contribution >= 0.6 is 0 Å². The van der Waals surface area contributed by atoms with Crippen LogP contribution in [-0.4, -0.2) is 16.7 Å². The second-order valence-electron chi connectivity index (χ2n) is 4.31. The van der Waals surface area contributed by atoms with Crippen molar-refractivity contribution in [3.63, 3.8) is 0 Å². The van der Waals surface area contributed by atoms with Gasteiger partial charge in [0.1, 0.15) is 5.75 Å². The van der Waals surface area contributed by atoms with E-state index < -0.39 is 0 Å². The molecule has 1 aromatic carbocycles. The van der Waals surface area contributed by atoms with Gasteiger partial charge in [0.15, 0.2) is 0 Å². The fourth-order valence-electron chi connectivity index (χ4n) is 1.95. The maximum Gasteiger partial charge on any atom is 0.119 e. The van der Waals surface area contributed by atoms with E-state index in [1.807, 2.05) is 30.7 Å². The van der Waals surface area contributed by atoms with E-state index in [9.17, 15) is 0 Å². The highest BCUT2D eigenvalue weighted by atomic mass is 16.5. The summed E-state index contributed by atoms with van der Waals surface area (Å²) in [5.41, 5.74) is 8.31. The predicted octanol–water partition coefficient (Wildman–Crippen LogP) is 2.35. The molecule has 2 aromatic rings. The normalized spacial score (nSPS) is 12.4. The highest BCUT2D eigenvalue weighted by Crippen LogP contribution is 2.17. The average molecular weight is 245 g/mol. The molecule has 2 N–H and O–H groups in total. The average Bonchev–Trinajstić information content (AvgIpc) is 2.86. The summed E-state index contributed by atoms with van der Waals surface area (Å²) in [4.78, 5) is 4.18. The Morgan fingerprint density at radius 3 is 3.00 bits per heavy atom. The Morgan fingerprint density at radius 1 is 1.44 bits per heavy atom. The number of nitrogens with zero attached hydrogens (tertiary/aromatic N) is 2. The summed E-state index contributed by atoms with van der Waals surface area (Å²) in [5.74, 6) is 0.869. The van der Waals surface area contributed by atoms with E-state index in [-0.39, 0.29) is 6.04 Å². The Labute approximate surface area is 107 Å². The van der Waals surface area contributed by atoms with Crippen LogP contribution in [0.4, 0.5) is 0 Å². The van der Waals surface area contributed by atoms with Crippen LogP contribution in [-0.2, 0) is 6.54 Å². The van der Waals surface area contributed by atoms with Crippen molar-refractivity contribution >= 4 is 0 Å². The van der Waals surface area contributed by atoms with Crippen molar-refractivity contribution in [3.8, 4) is 5.75 Å². The molecule has 0 spiro atoms. The van der Waals surface area contributed by atoms with E-state index in [1.54, 1.807) is 7.11 Å². The van der Waals surface area contributed by atoms with Gasteiger partial charge in [-0.3, -0.25) is 0 Å². The van der Waals surface area contributed by atoms with E-state index in [0.29, 0.717) is 0 Å². The number of nitrogens with two attached hydrogens (primary N) is 1. The Kier molecular flexibility index (Phi) is 3.99. The molecule has 0 aliphatic heterocycles. The second-order valence-corrected chi connectivity index (χ2v) is 4.31. The number of benzene rings is 1. The monoisotopic (exact) mass is 245 g/mol. The first kappa shape index (κ1) is 12.6. The van der Waals surface area contributed by atoms with Crippen LogP contribution in [0.15, 0.2) is 36.8 Å². The standard InChI is InChI=1S/C14H19N3O/c1-3-13(15)14-8-16-10-17(14)9-11-5-4-6-12(7-11)18-2/h4-8,10,13H,3,9,15H2,1-2H3/t13-/m1/s1. The van der Waals surface area contributed by atoms with Crippen molar-refractivity contribution < 1.29 is 4.74 Å². The van der Waals surface area contributed by atoms with Gasteiger partial charge in [-0.1, -0.05) is 19.1 Å². The molecule has 0 aliphatic carbocycles. The smallest absolute Gasteiger partial charge is 0.119 e. The number of methoxy groups -OCH3 is 1. The number of aromatic nitrogens is 2. The molecule has 0 aliphatic rings. The summed E-state index contributed by atoms with van der Waals surface area (Å²) in [6.45, 7) is 2.84. The lowest BCUT2D eigenvalue weighted by molar-refractivity contribution is 0.414. The number of imidazole rings is 1. The molecule has 0 unspecified atom stereocenters. The molecule has 4 heteroatoms. The molecule has 0 radical (unpaired) electrons. The first-order valence-electron chi connectivity index (χ1n) is 6.13. The summed E-state index contributed by atoms with van der Waals surface area (Å²) in [6.07, 6.45) is 4.57. The zero-order valence-electron chi connectivity index (χ0n) is 10.8. The minimum atomic E-state index is 0.0399. The molecular formula is C14H19N3O. The number of hydrogen-bond acceptors (Lipinski definition) is 3. The maximum atomic E-state index is 6.06. The number of hydrogen-bond donors (Lipinski definition) is 1. The molecule has 0 bridgehead atoms. The lowest BCUT2D eigenvalue weighted by Crippen LogP contribution is -2.14. The van der Waals surface area contributed by atoms with E-state index in [0.717, 1.165) is 24.4 Å². The van der Waals surface area contributed by atoms with Crippen molar-refractivity contribution in [2.75, 3.05) is 7.11 Å². The largest absolute Gasteiger partial charge is 0.497 e. The van der Waals surface area contributed by atoms with Gasteiger partial charge in [-0.05, 0) is 24.1 Å².